The topological polar surface area (TPSA) is 40.5 Å². The second-order valence-electron chi connectivity index (χ2n) is 5.47. The maximum atomic E-state index is 11.2. The van der Waals surface area contributed by atoms with Crippen LogP contribution in [0.15, 0.2) is 54.1 Å². The minimum absolute atomic E-state index is 0.320. The largest absolute Gasteiger partial charge is 0.478 e. The van der Waals surface area contributed by atoms with Crippen LogP contribution in [0.1, 0.15) is 22.8 Å². The van der Waals surface area contributed by atoms with Crippen molar-refractivity contribution in [1.82, 2.24) is 4.90 Å². The van der Waals surface area contributed by atoms with E-state index in [1.54, 1.807) is 12.1 Å². The number of hydrogen-bond acceptors (Lipinski definition) is 2. The molecule has 0 saturated heterocycles. The molecule has 3 nitrogen and oxygen atoms in total. The Hall–Kier alpha value is -2.55. The van der Waals surface area contributed by atoms with Crippen molar-refractivity contribution in [2.24, 2.45) is 0 Å². The Bertz CT molecular complexity index is 787. The molecular formula is C18H17NO2. The number of carboxylic acid groups (broad SMARTS) is 1. The molecule has 21 heavy (non-hydrogen) atoms. The zero-order valence-corrected chi connectivity index (χ0v) is 12.1. The van der Waals surface area contributed by atoms with Gasteiger partial charge in [-0.25, -0.2) is 4.79 Å². The van der Waals surface area contributed by atoms with E-state index in [-0.39, 0.29) is 0 Å². The molecule has 1 N–H and O–H groups in total. The first-order valence-electron chi connectivity index (χ1n) is 6.91. The minimum atomic E-state index is -0.895. The van der Waals surface area contributed by atoms with Crippen molar-refractivity contribution in [1.29, 1.82) is 0 Å². The number of carbonyl (C=O) groups is 1. The third-order valence-electron chi connectivity index (χ3n) is 3.83. The molecule has 1 aliphatic heterocycles. The van der Waals surface area contributed by atoms with Gasteiger partial charge in [-0.2, -0.15) is 0 Å². The zero-order valence-electron chi connectivity index (χ0n) is 12.1. The van der Waals surface area contributed by atoms with Gasteiger partial charge < -0.3 is 10.0 Å². The molecule has 0 aromatic heterocycles. The summed E-state index contributed by atoms with van der Waals surface area (Å²) >= 11 is 0. The number of nitrogens with zero attached hydrogens (tertiary/aromatic N) is 1. The molecule has 2 aromatic rings. The summed E-state index contributed by atoms with van der Waals surface area (Å²) in [4.78, 5) is 13.4. The van der Waals surface area contributed by atoms with Gasteiger partial charge in [-0.3, -0.25) is 0 Å². The summed E-state index contributed by atoms with van der Waals surface area (Å²) in [5.41, 5.74) is 3.82. The molecule has 0 spiro atoms. The van der Waals surface area contributed by atoms with E-state index in [1.165, 1.54) is 5.57 Å². The highest BCUT2D eigenvalue weighted by atomic mass is 16.4. The van der Waals surface area contributed by atoms with E-state index >= 15 is 0 Å². The standard InChI is InChI=1S/C18H17NO2/c1-12-6-9-17(19(2)11-12)15-5-3-4-13-7-8-14(18(20)21)10-16(13)15/h3-10H,11H2,1-2H3,(H,20,21). The second-order valence-corrected chi connectivity index (χ2v) is 5.47. The number of benzene rings is 2. The minimum Gasteiger partial charge on any atom is -0.478 e. The zero-order chi connectivity index (χ0) is 15.0. The number of aromatic carboxylic acids is 1. The van der Waals surface area contributed by atoms with Gasteiger partial charge in [0.25, 0.3) is 0 Å². The van der Waals surface area contributed by atoms with E-state index < -0.39 is 5.97 Å². The number of hydrogen-bond donors (Lipinski definition) is 1. The summed E-state index contributed by atoms with van der Waals surface area (Å²) in [6.45, 7) is 3.00. The summed E-state index contributed by atoms with van der Waals surface area (Å²) in [6, 6.07) is 11.3. The highest BCUT2D eigenvalue weighted by molar-refractivity contribution is 5.99. The number of carboxylic acids is 1. The molecule has 3 rings (SSSR count). The first-order chi connectivity index (χ1) is 10.1. The van der Waals surface area contributed by atoms with E-state index in [2.05, 4.69) is 31.0 Å². The van der Waals surface area contributed by atoms with Crippen molar-refractivity contribution in [3.05, 3.63) is 65.3 Å². The van der Waals surface area contributed by atoms with E-state index in [1.807, 2.05) is 24.3 Å². The summed E-state index contributed by atoms with van der Waals surface area (Å²) < 4.78 is 0. The molecular weight excluding hydrogens is 262 g/mol. The molecule has 0 fully saturated rings. The van der Waals surface area contributed by atoms with Crippen LogP contribution in [0, 0.1) is 0 Å². The van der Waals surface area contributed by atoms with Gasteiger partial charge in [-0.05, 0) is 35.9 Å². The Balaban J connectivity index is 2.23. The molecule has 0 aliphatic carbocycles. The quantitative estimate of drug-likeness (QED) is 0.909. The molecule has 2 aromatic carbocycles. The van der Waals surface area contributed by atoms with Crippen LogP contribution < -0.4 is 0 Å². The van der Waals surface area contributed by atoms with E-state index in [9.17, 15) is 9.90 Å². The van der Waals surface area contributed by atoms with Gasteiger partial charge in [-0.15, -0.1) is 0 Å². The Morgan fingerprint density at radius 3 is 2.71 bits per heavy atom. The SMILES string of the molecule is CC1=CC=C(c2cccc3ccc(C(=O)O)cc23)N(C)C1. The lowest BCUT2D eigenvalue weighted by atomic mass is 9.97. The van der Waals surface area contributed by atoms with E-state index in [4.69, 9.17) is 0 Å². The molecule has 0 amide bonds. The lowest BCUT2D eigenvalue weighted by Crippen LogP contribution is -2.21. The van der Waals surface area contributed by atoms with Crippen LogP contribution in [-0.2, 0) is 0 Å². The van der Waals surface area contributed by atoms with E-state index in [0.717, 1.165) is 28.6 Å². The lowest BCUT2D eigenvalue weighted by Gasteiger charge is -2.27. The van der Waals surface area contributed by atoms with Gasteiger partial charge in [0.1, 0.15) is 0 Å². The van der Waals surface area contributed by atoms with Gasteiger partial charge in [0.2, 0.25) is 0 Å². The predicted molar refractivity (Wildman–Crippen MR) is 85.3 cm³/mol. The summed E-state index contributed by atoms with van der Waals surface area (Å²) in [6.07, 6.45) is 4.22. The summed E-state index contributed by atoms with van der Waals surface area (Å²) in [5.74, 6) is -0.895. The average Bonchev–Trinajstić information content (AvgIpc) is 2.46. The van der Waals surface area contributed by atoms with Gasteiger partial charge in [-0.1, -0.05) is 35.9 Å². The van der Waals surface area contributed by atoms with Gasteiger partial charge in [0.05, 0.1) is 5.56 Å². The van der Waals surface area contributed by atoms with Crippen LogP contribution in [-0.4, -0.2) is 29.6 Å². The smallest absolute Gasteiger partial charge is 0.335 e. The molecule has 1 aliphatic rings. The Morgan fingerprint density at radius 2 is 2.00 bits per heavy atom. The summed E-state index contributed by atoms with van der Waals surface area (Å²) in [7, 11) is 2.06. The van der Waals surface area contributed by atoms with Crippen molar-refractivity contribution in [2.45, 2.75) is 6.92 Å². The van der Waals surface area contributed by atoms with Crippen molar-refractivity contribution >= 4 is 22.4 Å². The Kier molecular flexibility index (Phi) is 3.26. The third-order valence-corrected chi connectivity index (χ3v) is 3.83. The Morgan fingerprint density at radius 1 is 1.19 bits per heavy atom. The van der Waals surface area contributed by atoms with Crippen LogP contribution >= 0.6 is 0 Å². The normalized spacial score (nSPS) is 14.9. The summed E-state index contributed by atoms with van der Waals surface area (Å²) in [5, 5.41) is 11.2. The van der Waals surface area contributed by atoms with Gasteiger partial charge in [0.15, 0.2) is 0 Å². The predicted octanol–water partition coefficient (Wildman–Crippen LogP) is 3.77. The van der Waals surface area contributed by atoms with Crippen LogP contribution in [0.4, 0.5) is 0 Å². The molecule has 3 heteroatoms. The fourth-order valence-electron chi connectivity index (χ4n) is 2.78. The maximum absolute atomic E-state index is 11.2. The first kappa shape index (κ1) is 13.4. The molecule has 0 unspecified atom stereocenters. The number of fused-ring (bicyclic) bond motifs is 1. The number of allylic oxidation sites excluding steroid dienone is 2. The fraction of sp³-hybridized carbons (Fsp3) is 0.167. The van der Waals surface area contributed by atoms with Crippen LogP contribution in [0.5, 0.6) is 0 Å². The molecule has 0 saturated carbocycles. The lowest BCUT2D eigenvalue weighted by molar-refractivity contribution is 0.0697. The highest BCUT2D eigenvalue weighted by Gasteiger charge is 2.14. The third kappa shape index (κ3) is 2.42. The monoisotopic (exact) mass is 279 g/mol. The Labute approximate surface area is 123 Å². The van der Waals surface area contributed by atoms with Crippen LogP contribution in [0.2, 0.25) is 0 Å². The fourth-order valence-corrected chi connectivity index (χ4v) is 2.78. The molecule has 1 heterocycles. The number of likely N-dealkylation sites (N-methyl/N-ethyl adjacent to an activating group) is 1. The van der Waals surface area contributed by atoms with Crippen molar-refractivity contribution in [3.8, 4) is 0 Å². The first-order valence-corrected chi connectivity index (χ1v) is 6.91. The molecule has 0 radical (unpaired) electrons. The molecule has 106 valence electrons. The molecule has 0 bridgehead atoms. The maximum Gasteiger partial charge on any atom is 0.335 e. The number of rotatable bonds is 2. The van der Waals surface area contributed by atoms with Crippen LogP contribution in [0.3, 0.4) is 0 Å². The van der Waals surface area contributed by atoms with Crippen LogP contribution in [0.25, 0.3) is 16.5 Å². The van der Waals surface area contributed by atoms with Crippen molar-refractivity contribution < 1.29 is 9.90 Å². The average molecular weight is 279 g/mol. The van der Waals surface area contributed by atoms with Crippen molar-refractivity contribution in [3.63, 3.8) is 0 Å². The van der Waals surface area contributed by atoms with Gasteiger partial charge in [0, 0.05) is 24.9 Å². The second kappa shape index (κ2) is 5.09. The highest BCUT2D eigenvalue weighted by Crippen LogP contribution is 2.30. The molecule has 0 atom stereocenters. The van der Waals surface area contributed by atoms with Gasteiger partial charge >= 0.3 is 5.97 Å². The van der Waals surface area contributed by atoms with E-state index in [0.29, 0.717) is 5.56 Å². The van der Waals surface area contributed by atoms with Crippen molar-refractivity contribution in [2.75, 3.05) is 13.6 Å².